The largest absolute Gasteiger partial charge is 0.459 e. The summed E-state index contributed by atoms with van der Waals surface area (Å²) in [6.07, 6.45) is 0. The van der Waals surface area contributed by atoms with Crippen molar-refractivity contribution in [1.82, 2.24) is 0 Å². The number of benzene rings is 2. The van der Waals surface area contributed by atoms with Crippen LogP contribution in [0.2, 0.25) is 5.02 Å². The molecule has 128 valence electrons. The summed E-state index contributed by atoms with van der Waals surface area (Å²) in [5.41, 5.74) is 2.63. The van der Waals surface area contributed by atoms with Crippen LogP contribution in [0.3, 0.4) is 0 Å². The maximum absolute atomic E-state index is 11.5. The molecule has 0 spiro atoms. The second-order valence-electron chi connectivity index (χ2n) is 5.73. The molecule has 0 radical (unpaired) electrons. The molecule has 0 atom stereocenters. The number of carbonyl (C=O) groups is 1. The average Bonchev–Trinajstić information content (AvgIpc) is 3.08. The van der Waals surface area contributed by atoms with Crippen LogP contribution in [0, 0.1) is 0 Å². The lowest BCUT2D eigenvalue weighted by molar-refractivity contribution is -0.116. The molecule has 3 aromatic rings. The predicted octanol–water partition coefficient (Wildman–Crippen LogP) is 5.19. The van der Waals surface area contributed by atoms with Crippen LogP contribution < -0.4 is 10.2 Å². The zero-order chi connectivity index (χ0) is 17.8. The summed E-state index contributed by atoms with van der Waals surface area (Å²) in [6, 6.07) is 19.1. The van der Waals surface area contributed by atoms with Crippen molar-refractivity contribution in [2.45, 2.75) is 13.5 Å². The van der Waals surface area contributed by atoms with Crippen molar-refractivity contribution < 1.29 is 9.21 Å². The van der Waals surface area contributed by atoms with Crippen LogP contribution in [0.25, 0.3) is 11.3 Å². The summed E-state index contributed by atoms with van der Waals surface area (Å²) in [5.74, 6) is 1.54. The van der Waals surface area contributed by atoms with E-state index in [2.05, 4.69) is 5.32 Å². The molecule has 2 aromatic carbocycles. The van der Waals surface area contributed by atoms with Gasteiger partial charge in [0.05, 0.1) is 11.6 Å². The third kappa shape index (κ3) is 4.03. The monoisotopic (exact) mass is 354 g/mol. The second-order valence-corrected chi connectivity index (χ2v) is 6.13. The van der Waals surface area contributed by atoms with E-state index in [0.29, 0.717) is 11.6 Å². The first kappa shape index (κ1) is 17.1. The molecule has 0 bridgehead atoms. The molecular weight excluding hydrogens is 336 g/mol. The van der Waals surface area contributed by atoms with Crippen LogP contribution in [-0.4, -0.2) is 13.0 Å². The zero-order valence-electron chi connectivity index (χ0n) is 14.1. The van der Waals surface area contributed by atoms with E-state index in [1.807, 2.05) is 60.7 Å². The lowest BCUT2D eigenvalue weighted by Crippen LogP contribution is -2.22. The lowest BCUT2D eigenvalue weighted by Gasteiger charge is -2.16. The summed E-state index contributed by atoms with van der Waals surface area (Å²) >= 11 is 6.21. The van der Waals surface area contributed by atoms with E-state index in [1.54, 1.807) is 18.9 Å². The molecule has 1 N–H and O–H groups in total. The van der Waals surface area contributed by atoms with E-state index in [9.17, 15) is 4.79 Å². The number of hydrogen-bond donors (Lipinski definition) is 1. The van der Waals surface area contributed by atoms with Crippen molar-refractivity contribution in [3.63, 3.8) is 0 Å². The van der Waals surface area contributed by atoms with Crippen LogP contribution in [0.5, 0.6) is 0 Å². The van der Waals surface area contributed by atoms with Crippen molar-refractivity contribution in [2.24, 2.45) is 0 Å². The number of halogens is 1. The minimum absolute atomic E-state index is 0.00688. The van der Waals surface area contributed by atoms with Gasteiger partial charge >= 0.3 is 0 Å². The molecule has 0 aliphatic rings. The Morgan fingerprint density at radius 1 is 1.12 bits per heavy atom. The number of rotatable bonds is 5. The fraction of sp³-hybridized carbons (Fsp3) is 0.150. The van der Waals surface area contributed by atoms with Gasteiger partial charge in [0.15, 0.2) is 0 Å². The van der Waals surface area contributed by atoms with Gasteiger partial charge in [-0.3, -0.25) is 4.79 Å². The van der Waals surface area contributed by atoms with Gasteiger partial charge in [0.2, 0.25) is 5.91 Å². The van der Waals surface area contributed by atoms with Crippen molar-refractivity contribution in [1.29, 1.82) is 0 Å². The topological polar surface area (TPSA) is 45.5 Å². The number of hydrogen-bond acceptors (Lipinski definition) is 3. The normalized spacial score (nSPS) is 10.5. The van der Waals surface area contributed by atoms with Gasteiger partial charge in [-0.2, -0.15) is 0 Å². The molecule has 0 aliphatic carbocycles. The molecule has 1 amide bonds. The Kier molecular flexibility index (Phi) is 5.10. The number of anilines is 2. The molecule has 0 saturated carbocycles. The molecule has 0 unspecified atom stereocenters. The van der Waals surface area contributed by atoms with Gasteiger partial charge in [-0.05, 0) is 42.5 Å². The third-order valence-corrected chi connectivity index (χ3v) is 4.30. The molecule has 0 aliphatic heterocycles. The van der Waals surface area contributed by atoms with Gasteiger partial charge in [-0.15, -0.1) is 0 Å². The highest BCUT2D eigenvalue weighted by Crippen LogP contribution is 2.29. The minimum atomic E-state index is -0.00688. The summed E-state index contributed by atoms with van der Waals surface area (Å²) < 4.78 is 5.88. The van der Waals surface area contributed by atoms with Crippen molar-refractivity contribution in [3.05, 3.63) is 71.4 Å². The fourth-order valence-corrected chi connectivity index (χ4v) is 2.70. The van der Waals surface area contributed by atoms with Gasteiger partial charge < -0.3 is 14.6 Å². The van der Waals surface area contributed by atoms with E-state index in [1.165, 1.54) is 0 Å². The third-order valence-electron chi connectivity index (χ3n) is 3.97. The maximum Gasteiger partial charge on any atom is 0.223 e. The first-order valence-electron chi connectivity index (χ1n) is 7.96. The maximum atomic E-state index is 11.5. The lowest BCUT2D eigenvalue weighted by atomic mass is 10.2. The SMILES string of the molecule is CC(=O)N(C)c1cccc(NCc2ccc(-c3ccccc3Cl)o2)c1. The summed E-state index contributed by atoms with van der Waals surface area (Å²) in [6.45, 7) is 2.08. The Bertz CT molecular complexity index is 889. The van der Waals surface area contributed by atoms with Crippen LogP contribution in [0.1, 0.15) is 12.7 Å². The standard InChI is InChI=1S/C20H19ClN2O2/c1-14(24)23(2)16-7-5-6-15(12-16)22-13-17-10-11-20(25-17)18-8-3-4-9-19(18)21/h3-12,22H,13H2,1-2H3. The molecule has 0 saturated heterocycles. The Balaban J connectivity index is 1.70. The molecular formula is C20H19ClN2O2. The van der Waals surface area contributed by atoms with Crippen molar-refractivity contribution >= 4 is 28.9 Å². The van der Waals surface area contributed by atoms with Crippen LogP contribution in [0.15, 0.2) is 65.1 Å². The Hall–Kier alpha value is -2.72. The van der Waals surface area contributed by atoms with Gasteiger partial charge in [0.25, 0.3) is 0 Å². The predicted molar refractivity (Wildman–Crippen MR) is 102 cm³/mol. The summed E-state index contributed by atoms with van der Waals surface area (Å²) in [7, 11) is 1.75. The highest BCUT2D eigenvalue weighted by Gasteiger charge is 2.09. The van der Waals surface area contributed by atoms with Crippen LogP contribution in [-0.2, 0) is 11.3 Å². The molecule has 1 aromatic heterocycles. The number of furan rings is 1. The van der Waals surface area contributed by atoms with Crippen molar-refractivity contribution in [2.75, 3.05) is 17.3 Å². The number of nitrogens with zero attached hydrogens (tertiary/aromatic N) is 1. The van der Waals surface area contributed by atoms with E-state index in [0.717, 1.165) is 28.5 Å². The Labute approximate surface area is 152 Å². The molecule has 5 heteroatoms. The smallest absolute Gasteiger partial charge is 0.223 e. The Morgan fingerprint density at radius 2 is 1.92 bits per heavy atom. The van der Waals surface area contributed by atoms with Gasteiger partial charge in [0.1, 0.15) is 11.5 Å². The highest BCUT2D eigenvalue weighted by molar-refractivity contribution is 6.33. The first-order valence-corrected chi connectivity index (χ1v) is 8.34. The van der Waals surface area contributed by atoms with Gasteiger partial charge in [0, 0.05) is 30.9 Å². The average molecular weight is 355 g/mol. The summed E-state index contributed by atoms with van der Waals surface area (Å²) in [5, 5.41) is 3.97. The zero-order valence-corrected chi connectivity index (χ0v) is 14.9. The second kappa shape index (κ2) is 7.45. The number of amides is 1. The molecule has 25 heavy (non-hydrogen) atoms. The molecule has 4 nitrogen and oxygen atoms in total. The highest BCUT2D eigenvalue weighted by atomic mass is 35.5. The van der Waals surface area contributed by atoms with Crippen molar-refractivity contribution in [3.8, 4) is 11.3 Å². The minimum Gasteiger partial charge on any atom is -0.459 e. The molecule has 1 heterocycles. The molecule has 0 fully saturated rings. The van der Waals surface area contributed by atoms with Crippen LogP contribution in [0.4, 0.5) is 11.4 Å². The van der Waals surface area contributed by atoms with E-state index >= 15 is 0 Å². The summed E-state index contributed by atoms with van der Waals surface area (Å²) in [4.78, 5) is 13.1. The number of nitrogens with one attached hydrogen (secondary N) is 1. The number of carbonyl (C=O) groups excluding carboxylic acids is 1. The van der Waals surface area contributed by atoms with E-state index in [4.69, 9.17) is 16.0 Å². The Morgan fingerprint density at radius 3 is 2.68 bits per heavy atom. The van der Waals surface area contributed by atoms with E-state index in [-0.39, 0.29) is 5.91 Å². The van der Waals surface area contributed by atoms with Gasteiger partial charge in [-0.1, -0.05) is 29.8 Å². The van der Waals surface area contributed by atoms with Crippen LogP contribution >= 0.6 is 11.6 Å². The van der Waals surface area contributed by atoms with Gasteiger partial charge in [-0.25, -0.2) is 0 Å². The fourth-order valence-electron chi connectivity index (χ4n) is 2.47. The first-order chi connectivity index (χ1) is 12.0. The molecule has 3 rings (SSSR count). The van der Waals surface area contributed by atoms with E-state index < -0.39 is 0 Å². The quantitative estimate of drug-likeness (QED) is 0.685.